The minimum Gasteiger partial charge on any atom is -0.337 e. The second kappa shape index (κ2) is 9.02. The molecule has 9 heteroatoms. The molecule has 0 spiro atoms. The molecular formula is C20H21ClN4O4. The van der Waals surface area contributed by atoms with Gasteiger partial charge in [-0.1, -0.05) is 23.7 Å². The first-order valence-corrected chi connectivity index (χ1v) is 9.57. The second-order valence-corrected chi connectivity index (χ2v) is 7.28. The van der Waals surface area contributed by atoms with E-state index in [4.69, 9.17) is 11.6 Å². The Morgan fingerprint density at radius 3 is 2.55 bits per heavy atom. The fraction of sp³-hybridized carbons (Fsp3) is 0.300. The Labute approximate surface area is 173 Å². The molecule has 0 radical (unpaired) electrons. The maximum atomic E-state index is 13.0. The summed E-state index contributed by atoms with van der Waals surface area (Å²) in [4.78, 5) is 39.9. The molecule has 0 aliphatic carbocycles. The molecule has 2 aromatic carbocycles. The van der Waals surface area contributed by atoms with Gasteiger partial charge in [0.05, 0.1) is 26.8 Å². The number of carbonyl (C=O) groups excluding carboxylic acids is 2. The Bertz CT molecular complexity index is 950. The number of halogens is 1. The second-order valence-electron chi connectivity index (χ2n) is 6.87. The van der Waals surface area contributed by atoms with E-state index in [1.165, 1.54) is 12.1 Å². The third-order valence-electron chi connectivity index (χ3n) is 4.82. The molecule has 1 aliphatic heterocycles. The van der Waals surface area contributed by atoms with Crippen LogP contribution in [-0.2, 0) is 0 Å². The van der Waals surface area contributed by atoms with Crippen LogP contribution in [0.2, 0.25) is 5.02 Å². The number of hydrogen-bond donors (Lipinski definition) is 1. The average Bonchev–Trinajstić information content (AvgIpc) is 2.92. The fourth-order valence-electron chi connectivity index (χ4n) is 3.19. The van der Waals surface area contributed by atoms with E-state index in [-0.39, 0.29) is 22.2 Å². The number of amides is 2. The van der Waals surface area contributed by atoms with Gasteiger partial charge in [-0.25, -0.2) is 0 Å². The fourth-order valence-corrected chi connectivity index (χ4v) is 3.45. The SMILES string of the molecule is CN1CCCN(C(=O)c2ccccc2NC(=O)c2ccc([N+](=O)[O-])cc2Cl)CC1. The van der Waals surface area contributed by atoms with E-state index in [0.717, 1.165) is 25.6 Å². The number of para-hydroxylation sites is 1. The van der Waals surface area contributed by atoms with Crippen molar-refractivity contribution >= 4 is 34.8 Å². The lowest BCUT2D eigenvalue weighted by Crippen LogP contribution is -2.35. The van der Waals surface area contributed by atoms with E-state index in [1.807, 2.05) is 7.05 Å². The summed E-state index contributed by atoms with van der Waals surface area (Å²) in [6, 6.07) is 10.4. The molecule has 2 amide bonds. The Hall–Kier alpha value is -2.97. The van der Waals surface area contributed by atoms with Crippen molar-refractivity contribution in [2.75, 3.05) is 38.5 Å². The molecule has 0 saturated carbocycles. The van der Waals surface area contributed by atoms with Crippen molar-refractivity contribution in [3.05, 3.63) is 68.7 Å². The summed E-state index contributed by atoms with van der Waals surface area (Å²) in [5.74, 6) is -0.688. The summed E-state index contributed by atoms with van der Waals surface area (Å²) in [5.41, 5.74) is 0.655. The van der Waals surface area contributed by atoms with Gasteiger partial charge in [0.25, 0.3) is 17.5 Å². The molecule has 1 aliphatic rings. The quantitative estimate of drug-likeness (QED) is 0.609. The van der Waals surface area contributed by atoms with Gasteiger partial charge in [-0.2, -0.15) is 0 Å². The first kappa shape index (κ1) is 20.8. The molecule has 1 N–H and O–H groups in total. The number of carbonyl (C=O) groups is 2. The van der Waals surface area contributed by atoms with E-state index in [1.54, 1.807) is 29.2 Å². The normalized spacial score (nSPS) is 14.9. The summed E-state index contributed by atoms with van der Waals surface area (Å²) in [7, 11) is 2.02. The van der Waals surface area contributed by atoms with Crippen LogP contribution in [0.4, 0.5) is 11.4 Å². The molecule has 1 saturated heterocycles. The summed E-state index contributed by atoms with van der Waals surface area (Å²) in [6.07, 6.45) is 0.884. The summed E-state index contributed by atoms with van der Waals surface area (Å²) in [5, 5.41) is 13.5. The summed E-state index contributed by atoms with van der Waals surface area (Å²) < 4.78 is 0. The highest BCUT2D eigenvalue weighted by molar-refractivity contribution is 6.34. The smallest absolute Gasteiger partial charge is 0.270 e. The third-order valence-corrected chi connectivity index (χ3v) is 5.13. The maximum absolute atomic E-state index is 13.0. The Morgan fingerprint density at radius 1 is 1.07 bits per heavy atom. The molecule has 0 bridgehead atoms. The highest BCUT2D eigenvalue weighted by atomic mass is 35.5. The number of nitro groups is 1. The number of anilines is 1. The number of nitrogens with one attached hydrogen (secondary N) is 1. The van der Waals surface area contributed by atoms with Crippen LogP contribution in [0.3, 0.4) is 0 Å². The van der Waals surface area contributed by atoms with Crippen LogP contribution in [0, 0.1) is 10.1 Å². The van der Waals surface area contributed by atoms with Crippen LogP contribution in [-0.4, -0.2) is 59.8 Å². The van der Waals surface area contributed by atoms with Gasteiger partial charge in [0.2, 0.25) is 0 Å². The zero-order valence-corrected chi connectivity index (χ0v) is 16.7. The van der Waals surface area contributed by atoms with Gasteiger partial charge < -0.3 is 15.1 Å². The van der Waals surface area contributed by atoms with Crippen LogP contribution in [0.25, 0.3) is 0 Å². The number of rotatable bonds is 4. The van der Waals surface area contributed by atoms with Crippen molar-refractivity contribution in [2.24, 2.45) is 0 Å². The number of nitro benzene ring substituents is 1. The van der Waals surface area contributed by atoms with E-state index in [0.29, 0.717) is 24.3 Å². The van der Waals surface area contributed by atoms with Crippen molar-refractivity contribution in [3.8, 4) is 0 Å². The van der Waals surface area contributed by atoms with Gasteiger partial charge in [-0.3, -0.25) is 19.7 Å². The van der Waals surface area contributed by atoms with Crippen molar-refractivity contribution in [1.82, 2.24) is 9.80 Å². The van der Waals surface area contributed by atoms with E-state index in [9.17, 15) is 19.7 Å². The summed E-state index contributed by atoms with van der Waals surface area (Å²) >= 11 is 6.05. The van der Waals surface area contributed by atoms with Crippen molar-refractivity contribution in [1.29, 1.82) is 0 Å². The lowest BCUT2D eigenvalue weighted by Gasteiger charge is -2.22. The molecule has 1 heterocycles. The monoisotopic (exact) mass is 416 g/mol. The first-order chi connectivity index (χ1) is 13.9. The molecule has 1 fully saturated rings. The maximum Gasteiger partial charge on any atom is 0.270 e. The standard InChI is InChI=1S/C20H21ClN4O4/c1-23-9-4-10-24(12-11-23)20(27)16-5-2-3-6-18(16)22-19(26)15-8-7-14(25(28)29)13-17(15)21/h2-3,5-8,13H,4,9-12H2,1H3,(H,22,26). The largest absolute Gasteiger partial charge is 0.337 e. The predicted molar refractivity (Wildman–Crippen MR) is 111 cm³/mol. The lowest BCUT2D eigenvalue weighted by atomic mass is 10.1. The topological polar surface area (TPSA) is 95.8 Å². The van der Waals surface area contributed by atoms with Gasteiger partial charge in [-0.05, 0) is 38.2 Å². The number of benzene rings is 2. The molecule has 29 heavy (non-hydrogen) atoms. The number of nitrogens with zero attached hydrogens (tertiary/aromatic N) is 3. The molecule has 3 rings (SSSR count). The average molecular weight is 417 g/mol. The van der Waals surface area contributed by atoms with Crippen molar-refractivity contribution < 1.29 is 14.5 Å². The van der Waals surface area contributed by atoms with Crippen LogP contribution in [0.15, 0.2) is 42.5 Å². The van der Waals surface area contributed by atoms with Gasteiger partial charge >= 0.3 is 0 Å². The molecule has 2 aromatic rings. The molecular weight excluding hydrogens is 396 g/mol. The number of hydrogen-bond acceptors (Lipinski definition) is 5. The molecule has 8 nitrogen and oxygen atoms in total. The predicted octanol–water partition coefficient (Wildman–Crippen LogP) is 3.28. The zero-order chi connectivity index (χ0) is 21.0. The molecule has 0 unspecified atom stereocenters. The van der Waals surface area contributed by atoms with Crippen molar-refractivity contribution in [2.45, 2.75) is 6.42 Å². The zero-order valence-electron chi connectivity index (χ0n) is 15.9. The minimum absolute atomic E-state index is 0.0314. The highest BCUT2D eigenvalue weighted by Gasteiger charge is 2.22. The Morgan fingerprint density at radius 2 is 1.83 bits per heavy atom. The van der Waals surface area contributed by atoms with E-state index < -0.39 is 10.8 Å². The van der Waals surface area contributed by atoms with Gasteiger partial charge in [-0.15, -0.1) is 0 Å². The van der Waals surface area contributed by atoms with E-state index >= 15 is 0 Å². The van der Waals surface area contributed by atoms with Gasteiger partial charge in [0.15, 0.2) is 0 Å². The number of likely N-dealkylation sites (N-methyl/N-ethyl adjacent to an activating group) is 1. The van der Waals surface area contributed by atoms with E-state index in [2.05, 4.69) is 10.2 Å². The highest BCUT2D eigenvalue weighted by Crippen LogP contribution is 2.25. The Kier molecular flexibility index (Phi) is 6.46. The van der Waals surface area contributed by atoms with Crippen LogP contribution in [0.5, 0.6) is 0 Å². The van der Waals surface area contributed by atoms with Crippen LogP contribution in [0.1, 0.15) is 27.1 Å². The minimum atomic E-state index is -0.583. The van der Waals surface area contributed by atoms with Crippen LogP contribution < -0.4 is 5.32 Å². The molecule has 0 atom stereocenters. The molecule has 0 aromatic heterocycles. The van der Waals surface area contributed by atoms with Gasteiger partial charge in [0.1, 0.15) is 0 Å². The summed E-state index contributed by atoms with van der Waals surface area (Å²) in [6.45, 7) is 2.99. The third kappa shape index (κ3) is 4.90. The number of non-ortho nitro benzene ring substituents is 1. The first-order valence-electron chi connectivity index (χ1n) is 9.19. The van der Waals surface area contributed by atoms with Gasteiger partial charge in [0, 0.05) is 31.8 Å². The van der Waals surface area contributed by atoms with Crippen molar-refractivity contribution in [3.63, 3.8) is 0 Å². The molecule has 152 valence electrons. The lowest BCUT2D eigenvalue weighted by molar-refractivity contribution is -0.384. The Balaban J connectivity index is 1.81. The van der Waals surface area contributed by atoms with Crippen LogP contribution >= 0.6 is 11.6 Å².